The van der Waals surface area contributed by atoms with E-state index in [0.29, 0.717) is 29.9 Å². The highest BCUT2D eigenvalue weighted by Gasteiger charge is 2.49. The van der Waals surface area contributed by atoms with Crippen LogP contribution in [0.15, 0.2) is 45.5 Å². The number of halogens is 1. The number of fused-ring (bicyclic) bond motifs is 2. The molecule has 1 saturated heterocycles. The maximum absolute atomic E-state index is 14.4. The Morgan fingerprint density at radius 2 is 2.16 bits per heavy atom. The van der Waals surface area contributed by atoms with Gasteiger partial charge in [-0.05, 0) is 30.6 Å². The number of carbonyl (C=O) groups is 2. The summed E-state index contributed by atoms with van der Waals surface area (Å²) in [5.74, 6) is -1.30. The molecule has 0 spiro atoms. The molecule has 4 aliphatic rings. The van der Waals surface area contributed by atoms with Crippen LogP contribution in [0.1, 0.15) is 30.3 Å². The summed E-state index contributed by atoms with van der Waals surface area (Å²) in [6, 6.07) is 1.92. The van der Waals surface area contributed by atoms with Crippen molar-refractivity contribution in [1.82, 2.24) is 15.2 Å². The molecule has 0 radical (unpaired) electrons. The van der Waals surface area contributed by atoms with Crippen LogP contribution in [0.2, 0.25) is 0 Å². The normalized spacial score (nSPS) is 26.6. The smallest absolute Gasteiger partial charge is 0.272 e. The van der Waals surface area contributed by atoms with Crippen LogP contribution < -0.4 is 10.2 Å². The monoisotopic (exact) mass is 436 g/mol. The molecule has 3 aliphatic heterocycles. The van der Waals surface area contributed by atoms with Crippen LogP contribution in [-0.4, -0.2) is 78.4 Å². The van der Waals surface area contributed by atoms with Gasteiger partial charge in [0.05, 0.1) is 17.6 Å². The molecule has 1 saturated carbocycles. The van der Waals surface area contributed by atoms with Crippen molar-refractivity contribution in [2.75, 3.05) is 31.6 Å². The second kappa shape index (κ2) is 8.05. The van der Waals surface area contributed by atoms with Crippen molar-refractivity contribution in [3.8, 4) is 0 Å². The van der Waals surface area contributed by atoms with Crippen molar-refractivity contribution in [1.29, 1.82) is 0 Å². The van der Waals surface area contributed by atoms with E-state index in [-0.39, 0.29) is 17.6 Å². The van der Waals surface area contributed by atoms with Gasteiger partial charge in [0.1, 0.15) is 6.04 Å². The number of amides is 2. The molecule has 9 heteroatoms. The minimum absolute atomic E-state index is 0.155. The fraction of sp³-hybridized carbons (Fsp3) is 0.435. The minimum atomic E-state index is -0.609. The van der Waals surface area contributed by atoms with E-state index in [4.69, 9.17) is 0 Å². The lowest BCUT2D eigenvalue weighted by Gasteiger charge is -2.36. The van der Waals surface area contributed by atoms with Crippen molar-refractivity contribution in [3.05, 3.63) is 47.1 Å². The molecule has 2 amide bonds. The summed E-state index contributed by atoms with van der Waals surface area (Å²) in [5.41, 5.74) is 3.00. The second-order valence-corrected chi connectivity index (χ2v) is 8.47. The van der Waals surface area contributed by atoms with E-state index in [2.05, 4.69) is 30.1 Å². The van der Waals surface area contributed by atoms with Crippen LogP contribution in [-0.2, 0) is 4.79 Å². The Hall–Kier alpha value is -3.20. The van der Waals surface area contributed by atoms with E-state index in [1.807, 2.05) is 25.3 Å². The number of pyridine rings is 1. The van der Waals surface area contributed by atoms with E-state index in [0.717, 1.165) is 37.2 Å². The molecule has 1 aromatic rings. The highest BCUT2D eigenvalue weighted by Crippen LogP contribution is 2.39. The topological polar surface area (TPSA) is 90.3 Å². The molecule has 3 atom stereocenters. The fourth-order valence-corrected chi connectivity index (χ4v) is 4.68. The van der Waals surface area contributed by atoms with Crippen LogP contribution in [0.5, 0.6) is 0 Å². The van der Waals surface area contributed by atoms with Gasteiger partial charge in [0.25, 0.3) is 11.8 Å². The molecular weight excluding hydrogens is 411 g/mol. The largest absolute Gasteiger partial charge is 0.364 e. The summed E-state index contributed by atoms with van der Waals surface area (Å²) >= 11 is 0. The SMILES string of the molecule is CCC1=CC2N=CC(CN3CCN(c4cnc(C(=O)NC)c(F)c4)[C@H]4C[C@H]43)=CC2=NC1=O. The number of aromatic nitrogens is 1. The minimum Gasteiger partial charge on any atom is -0.364 e. The fourth-order valence-electron chi connectivity index (χ4n) is 4.68. The van der Waals surface area contributed by atoms with E-state index >= 15 is 0 Å². The Bertz CT molecular complexity index is 1110. The predicted molar refractivity (Wildman–Crippen MR) is 120 cm³/mol. The van der Waals surface area contributed by atoms with Gasteiger partial charge in [-0.3, -0.25) is 19.5 Å². The van der Waals surface area contributed by atoms with Gasteiger partial charge in [-0.2, -0.15) is 0 Å². The Morgan fingerprint density at radius 3 is 2.91 bits per heavy atom. The Labute approximate surface area is 185 Å². The zero-order chi connectivity index (χ0) is 22.4. The number of rotatable bonds is 5. The van der Waals surface area contributed by atoms with Gasteiger partial charge in [0.15, 0.2) is 11.5 Å². The van der Waals surface area contributed by atoms with Crippen molar-refractivity contribution in [2.45, 2.75) is 37.9 Å². The van der Waals surface area contributed by atoms with Crippen LogP contribution in [0.4, 0.5) is 10.1 Å². The van der Waals surface area contributed by atoms with Gasteiger partial charge in [-0.15, -0.1) is 0 Å². The lowest BCUT2D eigenvalue weighted by atomic mass is 9.98. The molecule has 1 N–H and O–H groups in total. The first kappa shape index (κ1) is 20.7. The molecule has 8 nitrogen and oxygen atoms in total. The standard InChI is InChI=1S/C23H25FN6O2/c1-3-14-7-17-18(28-22(14)31)6-13(10-26-17)12-29-4-5-30(20-9-19(20)29)15-8-16(24)21(27-11-15)23(32)25-2/h6-8,10-11,17,19-20H,3-5,9,12H2,1-2H3,(H,25,32)/t17?,19-,20+/m1/s1. The molecule has 166 valence electrons. The summed E-state index contributed by atoms with van der Waals surface area (Å²) in [5, 5.41) is 2.40. The number of nitrogens with zero attached hydrogens (tertiary/aromatic N) is 5. The molecule has 0 bridgehead atoms. The summed E-state index contributed by atoms with van der Waals surface area (Å²) < 4.78 is 14.4. The third-order valence-electron chi connectivity index (χ3n) is 6.49. The van der Waals surface area contributed by atoms with Crippen LogP contribution >= 0.6 is 0 Å². The summed E-state index contributed by atoms with van der Waals surface area (Å²) in [6.07, 6.45) is 9.02. The quantitative estimate of drug-likeness (QED) is 0.756. The average molecular weight is 436 g/mol. The predicted octanol–water partition coefficient (Wildman–Crippen LogP) is 1.54. The molecule has 32 heavy (non-hydrogen) atoms. The molecule has 1 aliphatic carbocycles. The molecule has 1 aromatic heterocycles. The second-order valence-electron chi connectivity index (χ2n) is 8.47. The van der Waals surface area contributed by atoms with Crippen LogP contribution in [0.25, 0.3) is 0 Å². The number of dihydropyridines is 2. The van der Waals surface area contributed by atoms with Crippen molar-refractivity contribution in [2.24, 2.45) is 9.98 Å². The van der Waals surface area contributed by atoms with Gasteiger partial charge in [0, 0.05) is 56.6 Å². The lowest BCUT2D eigenvalue weighted by molar-refractivity contribution is -0.114. The number of piperazine rings is 1. The molecule has 1 unspecified atom stereocenters. The number of hydrogen-bond acceptors (Lipinski definition) is 6. The zero-order valence-corrected chi connectivity index (χ0v) is 18.1. The highest BCUT2D eigenvalue weighted by molar-refractivity contribution is 6.16. The maximum atomic E-state index is 14.4. The van der Waals surface area contributed by atoms with Crippen molar-refractivity contribution >= 4 is 29.4 Å². The van der Waals surface area contributed by atoms with E-state index in [9.17, 15) is 14.0 Å². The van der Waals surface area contributed by atoms with Gasteiger partial charge >= 0.3 is 0 Å². The number of hydrogen-bond donors (Lipinski definition) is 1. The highest BCUT2D eigenvalue weighted by atomic mass is 19.1. The average Bonchev–Trinajstić information content (AvgIpc) is 3.59. The summed E-state index contributed by atoms with van der Waals surface area (Å²) in [4.78, 5) is 41.2. The first-order valence-corrected chi connectivity index (χ1v) is 10.9. The Balaban J connectivity index is 1.24. The van der Waals surface area contributed by atoms with Gasteiger partial charge in [-0.1, -0.05) is 6.92 Å². The molecule has 0 aromatic carbocycles. The maximum Gasteiger partial charge on any atom is 0.272 e. The summed E-state index contributed by atoms with van der Waals surface area (Å²) in [7, 11) is 1.45. The van der Waals surface area contributed by atoms with Gasteiger partial charge in [-0.25, -0.2) is 14.4 Å². The first-order valence-electron chi connectivity index (χ1n) is 10.9. The molecule has 4 heterocycles. The zero-order valence-electron chi connectivity index (χ0n) is 18.1. The number of nitrogens with one attached hydrogen (secondary N) is 1. The molecule has 2 fully saturated rings. The number of carbonyl (C=O) groups excluding carboxylic acids is 2. The molecular formula is C23H25FN6O2. The van der Waals surface area contributed by atoms with E-state index in [1.165, 1.54) is 13.1 Å². The lowest BCUT2D eigenvalue weighted by Crippen LogP contribution is -2.47. The van der Waals surface area contributed by atoms with Gasteiger partial charge in [0.2, 0.25) is 0 Å². The van der Waals surface area contributed by atoms with Crippen LogP contribution in [0.3, 0.4) is 0 Å². The summed E-state index contributed by atoms with van der Waals surface area (Å²) in [6.45, 7) is 4.26. The van der Waals surface area contributed by atoms with Crippen molar-refractivity contribution < 1.29 is 14.0 Å². The van der Waals surface area contributed by atoms with Gasteiger partial charge < -0.3 is 10.2 Å². The Kier molecular flexibility index (Phi) is 5.21. The third-order valence-corrected chi connectivity index (χ3v) is 6.49. The Morgan fingerprint density at radius 1 is 1.31 bits per heavy atom. The molecule has 5 rings (SSSR count). The first-order chi connectivity index (χ1) is 15.5. The third kappa shape index (κ3) is 3.66. The van der Waals surface area contributed by atoms with Crippen molar-refractivity contribution in [3.63, 3.8) is 0 Å². The van der Waals surface area contributed by atoms with Crippen LogP contribution in [0, 0.1) is 5.82 Å². The number of anilines is 1. The van der Waals surface area contributed by atoms with E-state index in [1.54, 1.807) is 6.20 Å². The number of aliphatic imine (C=N–C) groups is 2. The van der Waals surface area contributed by atoms with E-state index < -0.39 is 11.7 Å².